The van der Waals surface area contributed by atoms with Crippen LogP contribution < -0.4 is 14.8 Å². The van der Waals surface area contributed by atoms with Gasteiger partial charge >= 0.3 is 5.97 Å². The van der Waals surface area contributed by atoms with Crippen molar-refractivity contribution in [3.8, 4) is 11.5 Å². The largest absolute Gasteiger partial charge is 0.493 e. The Bertz CT molecular complexity index is 655. The lowest BCUT2D eigenvalue weighted by Crippen LogP contribution is -2.48. The van der Waals surface area contributed by atoms with Gasteiger partial charge in [0.25, 0.3) is 0 Å². The van der Waals surface area contributed by atoms with Gasteiger partial charge in [0.15, 0.2) is 11.5 Å². The second-order valence-corrected chi connectivity index (χ2v) is 7.36. The molecule has 6 nitrogen and oxygen atoms in total. The van der Waals surface area contributed by atoms with Crippen molar-refractivity contribution in [3.63, 3.8) is 0 Å². The molecule has 0 aliphatic heterocycles. The van der Waals surface area contributed by atoms with Gasteiger partial charge in [0.1, 0.15) is 0 Å². The van der Waals surface area contributed by atoms with Crippen LogP contribution in [0.3, 0.4) is 0 Å². The SMILES string of the molecule is COc1ccc(N=C2CC(C)(C)CC(NCC(=O)O)C2C)cc1OC. The highest BCUT2D eigenvalue weighted by Gasteiger charge is 2.36. The number of aliphatic imine (C=N–C) groups is 1. The number of carbonyl (C=O) groups is 1. The number of benzene rings is 1. The Morgan fingerprint density at radius 1 is 1.32 bits per heavy atom. The van der Waals surface area contributed by atoms with Crippen LogP contribution in [-0.2, 0) is 4.79 Å². The molecule has 1 aromatic carbocycles. The van der Waals surface area contributed by atoms with Crippen molar-refractivity contribution in [2.45, 2.75) is 39.7 Å². The van der Waals surface area contributed by atoms with E-state index in [0.29, 0.717) is 11.5 Å². The number of hydrogen-bond donors (Lipinski definition) is 2. The number of rotatable bonds is 6. The monoisotopic (exact) mass is 348 g/mol. The van der Waals surface area contributed by atoms with E-state index in [2.05, 4.69) is 26.1 Å². The molecule has 2 unspecified atom stereocenters. The van der Waals surface area contributed by atoms with Gasteiger partial charge in [0.2, 0.25) is 0 Å². The summed E-state index contributed by atoms with van der Waals surface area (Å²) in [5.41, 5.74) is 1.96. The van der Waals surface area contributed by atoms with E-state index in [-0.39, 0.29) is 23.9 Å². The van der Waals surface area contributed by atoms with E-state index < -0.39 is 5.97 Å². The number of aliphatic carboxylic acids is 1. The van der Waals surface area contributed by atoms with E-state index in [4.69, 9.17) is 19.6 Å². The second-order valence-electron chi connectivity index (χ2n) is 7.36. The molecule has 0 bridgehead atoms. The smallest absolute Gasteiger partial charge is 0.317 e. The number of hydrogen-bond acceptors (Lipinski definition) is 5. The minimum atomic E-state index is -0.839. The molecule has 1 aliphatic rings. The van der Waals surface area contributed by atoms with E-state index >= 15 is 0 Å². The molecule has 0 amide bonds. The van der Waals surface area contributed by atoms with Gasteiger partial charge in [-0.3, -0.25) is 9.79 Å². The van der Waals surface area contributed by atoms with Crippen molar-refractivity contribution in [3.05, 3.63) is 18.2 Å². The molecule has 138 valence electrons. The van der Waals surface area contributed by atoms with Crippen LogP contribution in [0.2, 0.25) is 0 Å². The molecule has 25 heavy (non-hydrogen) atoms. The molecule has 0 saturated heterocycles. The molecule has 2 N–H and O–H groups in total. The minimum Gasteiger partial charge on any atom is -0.493 e. The predicted octanol–water partition coefficient (Wildman–Crippen LogP) is 3.28. The van der Waals surface area contributed by atoms with Crippen molar-refractivity contribution in [1.29, 1.82) is 0 Å². The fourth-order valence-electron chi connectivity index (χ4n) is 3.40. The van der Waals surface area contributed by atoms with Gasteiger partial charge in [-0.05, 0) is 30.4 Å². The van der Waals surface area contributed by atoms with E-state index in [1.807, 2.05) is 18.2 Å². The van der Waals surface area contributed by atoms with E-state index in [9.17, 15) is 4.79 Å². The molecule has 0 heterocycles. The molecule has 1 aliphatic carbocycles. The minimum absolute atomic E-state index is 0.0330. The third kappa shape index (κ3) is 4.95. The molecule has 1 saturated carbocycles. The lowest BCUT2D eigenvalue weighted by Gasteiger charge is -2.40. The summed E-state index contributed by atoms with van der Waals surface area (Å²) in [6.07, 6.45) is 1.81. The number of ether oxygens (including phenoxy) is 2. The van der Waals surface area contributed by atoms with E-state index in [1.54, 1.807) is 14.2 Å². The fraction of sp³-hybridized carbons (Fsp3) is 0.579. The third-order valence-corrected chi connectivity index (χ3v) is 4.72. The van der Waals surface area contributed by atoms with Crippen LogP contribution in [0.25, 0.3) is 0 Å². The van der Waals surface area contributed by atoms with Crippen molar-refractivity contribution in [2.75, 3.05) is 20.8 Å². The summed E-state index contributed by atoms with van der Waals surface area (Å²) in [7, 11) is 3.21. The number of nitrogens with one attached hydrogen (secondary N) is 1. The Morgan fingerprint density at radius 2 is 2.00 bits per heavy atom. The summed E-state index contributed by atoms with van der Waals surface area (Å²) in [6.45, 7) is 6.46. The maximum atomic E-state index is 10.9. The van der Waals surface area contributed by atoms with Crippen LogP contribution in [-0.4, -0.2) is 43.6 Å². The highest BCUT2D eigenvalue weighted by molar-refractivity contribution is 5.91. The number of carboxylic acids is 1. The van der Waals surface area contributed by atoms with Gasteiger partial charge < -0.3 is 19.9 Å². The molecule has 6 heteroatoms. The Kier molecular flexibility index (Phi) is 6.06. The molecular formula is C19H28N2O4. The standard InChI is InChI=1S/C19H28N2O4/c1-12-14(20-11-18(22)23)9-19(2,3)10-15(12)21-13-6-7-16(24-4)17(8-13)25-5/h6-8,12,14,20H,9-11H2,1-5H3,(H,22,23). The summed E-state index contributed by atoms with van der Waals surface area (Å²) in [5, 5.41) is 12.1. The first kappa shape index (κ1) is 19.2. The molecule has 0 spiro atoms. The van der Waals surface area contributed by atoms with Crippen molar-refractivity contribution >= 4 is 17.4 Å². The lowest BCUT2D eigenvalue weighted by molar-refractivity contribution is -0.136. The van der Waals surface area contributed by atoms with Gasteiger partial charge in [-0.1, -0.05) is 20.8 Å². The lowest BCUT2D eigenvalue weighted by atomic mass is 9.69. The summed E-state index contributed by atoms with van der Waals surface area (Å²) in [4.78, 5) is 15.7. The zero-order valence-corrected chi connectivity index (χ0v) is 15.6. The third-order valence-electron chi connectivity index (χ3n) is 4.72. The summed E-state index contributed by atoms with van der Waals surface area (Å²) in [5.74, 6) is 0.645. The van der Waals surface area contributed by atoms with Gasteiger partial charge in [-0.25, -0.2) is 0 Å². The summed E-state index contributed by atoms with van der Waals surface area (Å²) in [6, 6.07) is 5.71. The Labute approximate surface area is 149 Å². The molecule has 2 atom stereocenters. The maximum Gasteiger partial charge on any atom is 0.317 e. The molecule has 2 rings (SSSR count). The summed E-state index contributed by atoms with van der Waals surface area (Å²) < 4.78 is 10.6. The van der Waals surface area contributed by atoms with Crippen LogP contribution in [0, 0.1) is 11.3 Å². The fourth-order valence-corrected chi connectivity index (χ4v) is 3.40. The van der Waals surface area contributed by atoms with Crippen molar-refractivity contribution < 1.29 is 19.4 Å². The zero-order valence-electron chi connectivity index (χ0n) is 15.6. The first-order chi connectivity index (χ1) is 11.8. The van der Waals surface area contributed by atoms with Gasteiger partial charge in [-0.2, -0.15) is 0 Å². The average molecular weight is 348 g/mol. The Balaban J connectivity index is 2.28. The normalized spacial score (nSPS) is 24.1. The molecule has 0 aromatic heterocycles. The summed E-state index contributed by atoms with van der Waals surface area (Å²) >= 11 is 0. The second kappa shape index (κ2) is 7.87. The Morgan fingerprint density at radius 3 is 2.60 bits per heavy atom. The highest BCUT2D eigenvalue weighted by Crippen LogP contribution is 2.38. The zero-order chi connectivity index (χ0) is 18.6. The van der Waals surface area contributed by atoms with Crippen LogP contribution in [0.5, 0.6) is 11.5 Å². The van der Waals surface area contributed by atoms with Crippen molar-refractivity contribution in [1.82, 2.24) is 5.32 Å². The molecule has 1 fully saturated rings. The highest BCUT2D eigenvalue weighted by atomic mass is 16.5. The maximum absolute atomic E-state index is 10.9. The topological polar surface area (TPSA) is 80.2 Å². The quantitative estimate of drug-likeness (QED) is 0.825. The van der Waals surface area contributed by atoms with Crippen LogP contribution in [0.15, 0.2) is 23.2 Å². The number of methoxy groups -OCH3 is 2. The number of nitrogens with zero attached hydrogens (tertiary/aromatic N) is 1. The first-order valence-corrected chi connectivity index (χ1v) is 8.50. The van der Waals surface area contributed by atoms with Crippen LogP contribution >= 0.6 is 0 Å². The number of carboxylic acid groups (broad SMARTS) is 1. The van der Waals surface area contributed by atoms with Gasteiger partial charge in [-0.15, -0.1) is 0 Å². The van der Waals surface area contributed by atoms with Gasteiger partial charge in [0.05, 0.1) is 26.5 Å². The van der Waals surface area contributed by atoms with E-state index in [1.165, 1.54) is 0 Å². The van der Waals surface area contributed by atoms with E-state index in [0.717, 1.165) is 24.2 Å². The molecule has 0 radical (unpaired) electrons. The average Bonchev–Trinajstić information content (AvgIpc) is 2.55. The molecular weight excluding hydrogens is 320 g/mol. The van der Waals surface area contributed by atoms with Gasteiger partial charge in [0, 0.05) is 23.7 Å². The van der Waals surface area contributed by atoms with Crippen molar-refractivity contribution in [2.24, 2.45) is 16.3 Å². The first-order valence-electron chi connectivity index (χ1n) is 8.50. The Hall–Kier alpha value is -2.08. The predicted molar refractivity (Wildman–Crippen MR) is 98.2 cm³/mol. The van der Waals surface area contributed by atoms with Crippen LogP contribution in [0.1, 0.15) is 33.6 Å². The van der Waals surface area contributed by atoms with Crippen LogP contribution in [0.4, 0.5) is 5.69 Å². The molecule has 1 aromatic rings.